The van der Waals surface area contributed by atoms with E-state index in [1.807, 2.05) is 6.92 Å². The van der Waals surface area contributed by atoms with E-state index in [0.717, 1.165) is 5.56 Å². The molecule has 7 heteroatoms. The highest BCUT2D eigenvalue weighted by molar-refractivity contribution is 6.35. The van der Waals surface area contributed by atoms with E-state index in [4.69, 9.17) is 23.2 Å². The first-order valence-corrected chi connectivity index (χ1v) is 8.77. The van der Waals surface area contributed by atoms with Gasteiger partial charge in [-0.3, -0.25) is 14.6 Å². The number of halogens is 2. The van der Waals surface area contributed by atoms with Crippen LogP contribution in [0.2, 0.25) is 10.0 Å². The topological polar surface area (TPSA) is 71.1 Å². The highest BCUT2D eigenvalue weighted by Gasteiger charge is 2.13. The summed E-state index contributed by atoms with van der Waals surface area (Å²) in [6, 6.07) is 13.2. The van der Waals surface area contributed by atoms with Gasteiger partial charge in [-0.15, -0.1) is 0 Å². The van der Waals surface area contributed by atoms with Crippen molar-refractivity contribution in [3.8, 4) is 0 Å². The highest BCUT2D eigenvalue weighted by atomic mass is 35.5. The smallest absolute Gasteiger partial charge is 0.256 e. The van der Waals surface area contributed by atoms with Crippen molar-refractivity contribution in [1.29, 1.82) is 0 Å². The number of hydrogen-bond acceptors (Lipinski definition) is 3. The maximum absolute atomic E-state index is 12.5. The predicted molar refractivity (Wildman–Crippen MR) is 108 cm³/mol. The maximum Gasteiger partial charge on any atom is 0.256 e. The third kappa shape index (κ3) is 4.84. The van der Waals surface area contributed by atoms with Gasteiger partial charge in [0.25, 0.3) is 11.8 Å². The summed E-state index contributed by atoms with van der Waals surface area (Å²) in [5, 5.41) is 6.26. The van der Waals surface area contributed by atoms with E-state index in [-0.39, 0.29) is 11.8 Å². The summed E-state index contributed by atoms with van der Waals surface area (Å²) in [7, 11) is 0. The summed E-state index contributed by atoms with van der Waals surface area (Å²) in [6.45, 7) is 1.82. The molecule has 0 spiro atoms. The van der Waals surface area contributed by atoms with Crippen LogP contribution in [0, 0.1) is 6.92 Å². The summed E-state index contributed by atoms with van der Waals surface area (Å²) < 4.78 is 0. The Bertz CT molecular complexity index is 987. The van der Waals surface area contributed by atoms with Crippen LogP contribution in [0.3, 0.4) is 0 Å². The molecule has 0 atom stereocenters. The fourth-order valence-corrected chi connectivity index (χ4v) is 2.99. The molecule has 0 fully saturated rings. The van der Waals surface area contributed by atoms with Gasteiger partial charge in [0.05, 0.1) is 11.9 Å². The summed E-state index contributed by atoms with van der Waals surface area (Å²) in [5.41, 5.74) is 2.62. The zero-order chi connectivity index (χ0) is 19.4. The molecular weight excluding hydrogens is 385 g/mol. The number of benzene rings is 2. The Labute approximate surface area is 166 Å². The van der Waals surface area contributed by atoms with Crippen molar-refractivity contribution >= 4 is 46.4 Å². The second kappa shape index (κ2) is 8.20. The number of hydrogen-bond donors (Lipinski definition) is 2. The third-order valence-electron chi connectivity index (χ3n) is 3.78. The molecule has 0 aliphatic carbocycles. The minimum Gasteiger partial charge on any atom is -0.322 e. The summed E-state index contributed by atoms with van der Waals surface area (Å²) in [4.78, 5) is 28.9. The number of carbonyl (C=O) groups excluding carboxylic acids is 2. The van der Waals surface area contributed by atoms with Gasteiger partial charge in [0.2, 0.25) is 0 Å². The molecule has 0 unspecified atom stereocenters. The standard InChI is InChI=1S/C20H15Cl2N3O2/c1-12-4-5-16(24-19(26)13-7-14(21)9-15(22)8-13)10-18(12)20(27)25-17-3-2-6-23-11-17/h2-11H,1H3,(H,24,26)(H,25,27). The molecule has 27 heavy (non-hydrogen) atoms. The first-order chi connectivity index (χ1) is 12.9. The Morgan fingerprint density at radius 2 is 1.59 bits per heavy atom. The quantitative estimate of drug-likeness (QED) is 0.632. The molecule has 0 radical (unpaired) electrons. The van der Waals surface area contributed by atoms with Crippen LogP contribution in [0.4, 0.5) is 11.4 Å². The number of aryl methyl sites for hydroxylation is 1. The molecule has 0 aliphatic heterocycles. The Kier molecular flexibility index (Phi) is 5.74. The van der Waals surface area contributed by atoms with Crippen LogP contribution in [-0.2, 0) is 0 Å². The number of carbonyl (C=O) groups is 2. The molecule has 2 N–H and O–H groups in total. The summed E-state index contributed by atoms with van der Waals surface area (Å²) in [5.74, 6) is -0.663. The second-order valence-corrected chi connectivity index (χ2v) is 6.71. The molecule has 0 saturated carbocycles. The Morgan fingerprint density at radius 3 is 2.26 bits per heavy atom. The molecule has 3 aromatic rings. The van der Waals surface area contributed by atoms with Crippen LogP contribution in [0.15, 0.2) is 60.9 Å². The molecule has 1 aromatic heterocycles. The van der Waals surface area contributed by atoms with Crippen LogP contribution < -0.4 is 10.6 Å². The monoisotopic (exact) mass is 399 g/mol. The fraction of sp³-hybridized carbons (Fsp3) is 0.0500. The van der Waals surface area contributed by atoms with Crippen molar-refractivity contribution in [3.05, 3.63) is 87.7 Å². The molecule has 1 heterocycles. The number of aromatic nitrogens is 1. The minimum absolute atomic E-state index is 0.289. The molecule has 3 rings (SSSR count). The fourth-order valence-electron chi connectivity index (χ4n) is 2.47. The first kappa shape index (κ1) is 18.9. The number of nitrogens with one attached hydrogen (secondary N) is 2. The zero-order valence-electron chi connectivity index (χ0n) is 14.3. The Hall–Kier alpha value is -2.89. The normalized spacial score (nSPS) is 10.3. The number of rotatable bonds is 4. The van der Waals surface area contributed by atoms with Gasteiger partial charge >= 0.3 is 0 Å². The number of anilines is 2. The van der Waals surface area contributed by atoms with Crippen LogP contribution in [0.1, 0.15) is 26.3 Å². The maximum atomic E-state index is 12.5. The molecule has 0 saturated heterocycles. The van der Waals surface area contributed by atoms with Crippen LogP contribution in [0.5, 0.6) is 0 Å². The first-order valence-electron chi connectivity index (χ1n) is 8.02. The molecule has 0 bridgehead atoms. The summed E-state index contributed by atoms with van der Waals surface area (Å²) >= 11 is 11.9. The van der Waals surface area contributed by atoms with Gasteiger partial charge < -0.3 is 10.6 Å². The number of amides is 2. The van der Waals surface area contributed by atoms with E-state index in [1.54, 1.807) is 48.8 Å². The lowest BCUT2D eigenvalue weighted by Crippen LogP contribution is -2.16. The van der Waals surface area contributed by atoms with Gasteiger partial charge in [-0.25, -0.2) is 0 Å². The van der Waals surface area contributed by atoms with Gasteiger partial charge in [-0.05, 0) is 55.0 Å². The van der Waals surface area contributed by atoms with Gasteiger partial charge in [0.15, 0.2) is 0 Å². The van der Waals surface area contributed by atoms with E-state index in [1.165, 1.54) is 12.1 Å². The SMILES string of the molecule is Cc1ccc(NC(=O)c2cc(Cl)cc(Cl)c2)cc1C(=O)Nc1cccnc1. The Morgan fingerprint density at radius 1 is 0.889 bits per heavy atom. The van der Waals surface area contributed by atoms with Crippen molar-refractivity contribution < 1.29 is 9.59 Å². The van der Waals surface area contributed by atoms with E-state index < -0.39 is 0 Å². The van der Waals surface area contributed by atoms with Gasteiger partial charge in [-0.1, -0.05) is 29.3 Å². The van der Waals surface area contributed by atoms with Crippen LogP contribution in [0.25, 0.3) is 0 Å². The summed E-state index contributed by atoms with van der Waals surface area (Å²) in [6.07, 6.45) is 3.18. The largest absolute Gasteiger partial charge is 0.322 e. The average Bonchev–Trinajstić information content (AvgIpc) is 2.63. The van der Waals surface area contributed by atoms with Crippen molar-refractivity contribution in [3.63, 3.8) is 0 Å². The van der Waals surface area contributed by atoms with Crippen LogP contribution >= 0.6 is 23.2 Å². The van der Waals surface area contributed by atoms with Crippen molar-refractivity contribution in [2.24, 2.45) is 0 Å². The van der Waals surface area contributed by atoms with Crippen molar-refractivity contribution in [1.82, 2.24) is 4.98 Å². The lowest BCUT2D eigenvalue weighted by molar-refractivity contribution is 0.101. The molecule has 136 valence electrons. The Balaban J connectivity index is 1.80. The molecule has 2 aromatic carbocycles. The number of pyridine rings is 1. The highest BCUT2D eigenvalue weighted by Crippen LogP contribution is 2.21. The third-order valence-corrected chi connectivity index (χ3v) is 4.22. The van der Waals surface area contributed by atoms with Crippen molar-refractivity contribution in [2.45, 2.75) is 6.92 Å². The second-order valence-electron chi connectivity index (χ2n) is 5.84. The molecular formula is C20H15Cl2N3O2. The number of nitrogens with zero attached hydrogens (tertiary/aromatic N) is 1. The lowest BCUT2D eigenvalue weighted by Gasteiger charge is -2.11. The van der Waals surface area contributed by atoms with E-state index in [2.05, 4.69) is 15.6 Å². The van der Waals surface area contributed by atoms with Gasteiger partial charge in [0, 0.05) is 33.1 Å². The molecule has 2 amide bonds. The van der Waals surface area contributed by atoms with Crippen LogP contribution in [-0.4, -0.2) is 16.8 Å². The predicted octanol–water partition coefficient (Wildman–Crippen LogP) is 5.20. The molecule has 5 nitrogen and oxygen atoms in total. The van der Waals surface area contributed by atoms with Crippen molar-refractivity contribution in [2.75, 3.05) is 10.6 Å². The average molecular weight is 400 g/mol. The van der Waals surface area contributed by atoms with Gasteiger partial charge in [-0.2, -0.15) is 0 Å². The zero-order valence-corrected chi connectivity index (χ0v) is 15.8. The van der Waals surface area contributed by atoms with E-state index in [9.17, 15) is 9.59 Å². The van der Waals surface area contributed by atoms with E-state index >= 15 is 0 Å². The minimum atomic E-state index is -0.373. The molecule has 0 aliphatic rings. The lowest BCUT2D eigenvalue weighted by atomic mass is 10.1. The van der Waals surface area contributed by atoms with Gasteiger partial charge in [0.1, 0.15) is 0 Å². The van der Waals surface area contributed by atoms with E-state index in [0.29, 0.717) is 32.5 Å².